The van der Waals surface area contributed by atoms with Crippen molar-refractivity contribution < 1.29 is 0 Å². The highest BCUT2D eigenvalue weighted by molar-refractivity contribution is 5.96. The molecule has 2 aliphatic carbocycles. The van der Waals surface area contributed by atoms with Crippen molar-refractivity contribution in [2.24, 2.45) is 0 Å². The summed E-state index contributed by atoms with van der Waals surface area (Å²) in [6.45, 7) is 5.65. The van der Waals surface area contributed by atoms with Gasteiger partial charge in [-0.05, 0) is 101 Å². The Kier molecular flexibility index (Phi) is 10.4. The fraction of sp³-hybridized carbons (Fsp3) is 0.245. The van der Waals surface area contributed by atoms with Crippen molar-refractivity contribution >= 4 is 33.4 Å². The van der Waals surface area contributed by atoms with E-state index in [4.69, 9.17) is 19.9 Å². The third-order valence-electron chi connectivity index (χ3n) is 11.4. The highest BCUT2D eigenvalue weighted by Gasteiger charge is 2.23. The van der Waals surface area contributed by atoms with Crippen molar-refractivity contribution in [1.29, 1.82) is 5.26 Å². The fourth-order valence-corrected chi connectivity index (χ4v) is 8.53. The van der Waals surface area contributed by atoms with Gasteiger partial charge in [0, 0.05) is 63.2 Å². The van der Waals surface area contributed by atoms with Crippen LogP contribution in [-0.4, -0.2) is 29.5 Å². The molecule has 3 N–H and O–H groups in total. The van der Waals surface area contributed by atoms with Gasteiger partial charge in [-0.1, -0.05) is 84.9 Å². The largest absolute Gasteiger partial charge is 0.366 e. The summed E-state index contributed by atoms with van der Waals surface area (Å²) in [6, 6.07) is 39.4. The molecule has 9 heteroatoms. The first-order valence-electron chi connectivity index (χ1n) is 20.5. The van der Waals surface area contributed by atoms with Gasteiger partial charge in [-0.25, -0.2) is 15.0 Å². The van der Waals surface area contributed by atoms with Gasteiger partial charge in [0.1, 0.15) is 11.6 Å². The summed E-state index contributed by atoms with van der Waals surface area (Å²) in [5.41, 5.74) is 13.4. The number of hydrogen-bond acceptors (Lipinski definition) is 7. The molecular formula is C49H47N9. The van der Waals surface area contributed by atoms with Gasteiger partial charge >= 0.3 is 0 Å². The van der Waals surface area contributed by atoms with Crippen LogP contribution in [-0.2, 0) is 38.8 Å². The number of aromatic nitrogens is 6. The molecule has 2 aliphatic rings. The summed E-state index contributed by atoms with van der Waals surface area (Å²) < 4.78 is 2.07. The Balaban J connectivity index is 0.000000151. The van der Waals surface area contributed by atoms with Crippen LogP contribution in [0, 0.1) is 25.2 Å². The Morgan fingerprint density at radius 1 is 0.638 bits per heavy atom. The number of aryl methyl sites for hydroxylation is 4. The molecule has 0 radical (unpaired) electrons. The Bertz CT molecular complexity index is 2780. The highest BCUT2D eigenvalue weighted by atomic mass is 15.2. The van der Waals surface area contributed by atoms with Gasteiger partial charge < -0.3 is 15.6 Å². The maximum Gasteiger partial charge on any atom is 0.236 e. The van der Waals surface area contributed by atoms with E-state index in [0.29, 0.717) is 11.5 Å². The standard InChI is InChI=1S/C25H23N5.C24H24N4/c1-17-14-21-19(15-26)10-7-13-23(21)30(17)25-28-22-12-6-5-11-20(22)24(29-25)27-16-18-8-3-2-4-9-18;1-16-22(18-11-5-7-13-20(18)26-16)24-27-21-14-8-6-12-19(21)23(28-24)25-15-17-9-3-2-4-10-17/h2-4,7-10,13-14H,5-6,11-12,16H2,1H3,(H,27,28,29);2-5,7,9-11,13,26H,6,8,12,14-15H2,1H3,(H,25,27,28). The number of H-pyrrole nitrogens is 1. The molecule has 0 spiro atoms. The van der Waals surface area contributed by atoms with Crippen molar-refractivity contribution in [3.63, 3.8) is 0 Å². The summed E-state index contributed by atoms with van der Waals surface area (Å²) in [5.74, 6) is 3.42. The molecule has 4 heterocycles. The number of para-hydroxylation sites is 1. The molecule has 4 aromatic carbocycles. The fourth-order valence-electron chi connectivity index (χ4n) is 8.53. The molecule has 0 aliphatic heterocycles. The molecule has 0 amide bonds. The molecule has 0 saturated heterocycles. The van der Waals surface area contributed by atoms with E-state index >= 15 is 0 Å². The molecule has 0 atom stereocenters. The van der Waals surface area contributed by atoms with E-state index in [2.05, 4.69) is 106 Å². The lowest BCUT2D eigenvalue weighted by molar-refractivity contribution is 0.659. The van der Waals surface area contributed by atoms with Crippen LogP contribution in [0.4, 0.5) is 11.6 Å². The van der Waals surface area contributed by atoms with Gasteiger partial charge in [-0.2, -0.15) is 10.2 Å². The third kappa shape index (κ3) is 7.41. The van der Waals surface area contributed by atoms with Crippen molar-refractivity contribution in [1.82, 2.24) is 29.5 Å². The van der Waals surface area contributed by atoms with Gasteiger partial charge in [0.2, 0.25) is 5.95 Å². The van der Waals surface area contributed by atoms with Crippen LogP contribution in [0.2, 0.25) is 0 Å². The summed E-state index contributed by atoms with van der Waals surface area (Å²) in [4.78, 5) is 23.4. The minimum Gasteiger partial charge on any atom is -0.366 e. The summed E-state index contributed by atoms with van der Waals surface area (Å²) in [5, 5.41) is 18.8. The van der Waals surface area contributed by atoms with E-state index in [9.17, 15) is 5.26 Å². The first-order chi connectivity index (χ1) is 28.5. The predicted molar refractivity (Wildman–Crippen MR) is 233 cm³/mol. The second kappa shape index (κ2) is 16.4. The van der Waals surface area contributed by atoms with Crippen LogP contribution in [0.3, 0.4) is 0 Å². The molecular weight excluding hydrogens is 715 g/mol. The van der Waals surface area contributed by atoms with Crippen LogP contribution in [0.5, 0.6) is 0 Å². The molecule has 10 rings (SSSR count). The van der Waals surface area contributed by atoms with E-state index in [0.717, 1.165) is 102 Å². The van der Waals surface area contributed by atoms with Gasteiger partial charge in [-0.3, -0.25) is 4.57 Å². The van der Waals surface area contributed by atoms with Crippen molar-refractivity contribution in [3.8, 4) is 23.4 Å². The molecule has 0 unspecified atom stereocenters. The van der Waals surface area contributed by atoms with Crippen LogP contribution in [0.25, 0.3) is 39.1 Å². The average Bonchev–Trinajstić information content (AvgIpc) is 3.80. The molecule has 58 heavy (non-hydrogen) atoms. The molecule has 0 bridgehead atoms. The van der Waals surface area contributed by atoms with Crippen molar-refractivity contribution in [3.05, 3.63) is 160 Å². The lowest BCUT2D eigenvalue weighted by Crippen LogP contribution is -2.16. The molecule has 0 saturated carbocycles. The Labute approximate surface area is 339 Å². The quantitative estimate of drug-likeness (QED) is 0.141. The number of anilines is 2. The number of nitriles is 1. The number of rotatable bonds is 8. The topological polar surface area (TPSA) is 120 Å². The predicted octanol–water partition coefficient (Wildman–Crippen LogP) is 10.5. The third-order valence-corrected chi connectivity index (χ3v) is 11.4. The second-order valence-corrected chi connectivity index (χ2v) is 15.4. The van der Waals surface area contributed by atoms with Gasteiger partial charge in [0.05, 0.1) is 22.8 Å². The lowest BCUT2D eigenvalue weighted by Gasteiger charge is -2.21. The SMILES string of the molecule is Cc1[nH]c2ccccc2c1-c1nc2c(c(NCc3ccccc3)n1)CCCC2.Cc1cc2c(C#N)cccc2n1-c1nc2c(c(NCc3ccccc3)n1)CCCC2. The maximum atomic E-state index is 9.49. The number of nitrogens with one attached hydrogen (secondary N) is 3. The van der Waals surface area contributed by atoms with E-state index < -0.39 is 0 Å². The van der Waals surface area contributed by atoms with Crippen LogP contribution < -0.4 is 10.6 Å². The minimum absolute atomic E-state index is 0.675. The Morgan fingerprint density at radius 2 is 1.24 bits per heavy atom. The zero-order chi connectivity index (χ0) is 39.4. The van der Waals surface area contributed by atoms with E-state index in [-0.39, 0.29) is 0 Å². The normalized spacial score (nSPS) is 13.3. The molecule has 4 aromatic heterocycles. The average molecular weight is 762 g/mol. The number of fused-ring (bicyclic) bond motifs is 4. The number of aromatic amines is 1. The van der Waals surface area contributed by atoms with Crippen molar-refractivity contribution in [2.45, 2.75) is 78.3 Å². The van der Waals surface area contributed by atoms with E-state index in [1.165, 1.54) is 52.6 Å². The molecule has 0 fully saturated rings. The van der Waals surface area contributed by atoms with Gasteiger partial charge in [0.25, 0.3) is 0 Å². The maximum absolute atomic E-state index is 9.49. The van der Waals surface area contributed by atoms with Gasteiger partial charge in [-0.15, -0.1) is 0 Å². The number of benzene rings is 4. The number of hydrogen-bond donors (Lipinski definition) is 3. The highest BCUT2D eigenvalue weighted by Crippen LogP contribution is 2.34. The molecule has 8 aromatic rings. The summed E-state index contributed by atoms with van der Waals surface area (Å²) in [7, 11) is 0. The zero-order valence-corrected chi connectivity index (χ0v) is 33.1. The zero-order valence-electron chi connectivity index (χ0n) is 33.1. The first kappa shape index (κ1) is 36.8. The van der Waals surface area contributed by atoms with Gasteiger partial charge in [0.15, 0.2) is 5.82 Å². The first-order valence-corrected chi connectivity index (χ1v) is 20.5. The van der Waals surface area contributed by atoms with Crippen molar-refractivity contribution in [2.75, 3.05) is 10.6 Å². The smallest absolute Gasteiger partial charge is 0.236 e. The Hall–Kier alpha value is -6.79. The van der Waals surface area contributed by atoms with E-state index in [1.807, 2.05) is 43.3 Å². The van der Waals surface area contributed by atoms with Crippen LogP contribution >= 0.6 is 0 Å². The summed E-state index contributed by atoms with van der Waals surface area (Å²) >= 11 is 0. The molecule has 9 nitrogen and oxygen atoms in total. The monoisotopic (exact) mass is 761 g/mol. The number of nitrogens with zero attached hydrogens (tertiary/aromatic N) is 6. The van der Waals surface area contributed by atoms with Crippen LogP contribution in [0.15, 0.2) is 109 Å². The summed E-state index contributed by atoms with van der Waals surface area (Å²) in [6.07, 6.45) is 8.82. The Morgan fingerprint density at radius 3 is 1.91 bits per heavy atom. The van der Waals surface area contributed by atoms with E-state index in [1.54, 1.807) is 0 Å². The minimum atomic E-state index is 0.675. The molecule has 288 valence electrons. The lowest BCUT2D eigenvalue weighted by atomic mass is 9.96. The van der Waals surface area contributed by atoms with Crippen LogP contribution in [0.1, 0.15) is 76.3 Å². The second-order valence-electron chi connectivity index (χ2n) is 15.4.